The Morgan fingerprint density at radius 3 is 2.63 bits per heavy atom. The highest BCUT2D eigenvalue weighted by Gasteiger charge is 2.36. The predicted molar refractivity (Wildman–Crippen MR) is 71.7 cm³/mol. The molecule has 0 radical (unpaired) electrons. The third kappa shape index (κ3) is 3.12. The number of carboxylic acid groups (broad SMARTS) is 1. The summed E-state index contributed by atoms with van der Waals surface area (Å²) in [7, 11) is 0. The van der Waals surface area contributed by atoms with E-state index in [1.54, 1.807) is 6.20 Å². The molecule has 19 heavy (non-hydrogen) atoms. The summed E-state index contributed by atoms with van der Waals surface area (Å²) in [5, 5.41) is 14.7. The van der Waals surface area contributed by atoms with Gasteiger partial charge in [0.15, 0.2) is 0 Å². The topological polar surface area (TPSA) is 79.3 Å². The number of aliphatic carboxylic acids is 1. The van der Waals surface area contributed by atoms with E-state index in [1.165, 1.54) is 11.3 Å². The summed E-state index contributed by atoms with van der Waals surface area (Å²) in [6, 6.07) is 0. The molecule has 6 heteroatoms. The molecular weight excluding hydrogens is 264 g/mol. The number of nitrogens with zero attached hydrogens (tertiary/aromatic N) is 1. The molecule has 2 N–H and O–H groups in total. The van der Waals surface area contributed by atoms with E-state index in [9.17, 15) is 9.59 Å². The zero-order chi connectivity index (χ0) is 14.0. The second-order valence-electron chi connectivity index (χ2n) is 5.50. The first-order valence-electron chi connectivity index (χ1n) is 6.35. The number of thiazole rings is 1. The van der Waals surface area contributed by atoms with Crippen molar-refractivity contribution in [1.82, 2.24) is 10.3 Å². The molecule has 1 aliphatic rings. The van der Waals surface area contributed by atoms with E-state index in [2.05, 4.69) is 10.3 Å². The number of amides is 1. The summed E-state index contributed by atoms with van der Waals surface area (Å²) in [6.45, 7) is 3.82. The molecule has 2 unspecified atom stereocenters. The monoisotopic (exact) mass is 282 g/mol. The van der Waals surface area contributed by atoms with Gasteiger partial charge in [-0.3, -0.25) is 9.59 Å². The van der Waals surface area contributed by atoms with Gasteiger partial charge in [0.25, 0.3) is 0 Å². The summed E-state index contributed by atoms with van der Waals surface area (Å²) in [5.74, 6) is -1.43. The number of aromatic nitrogens is 1. The van der Waals surface area contributed by atoms with Crippen molar-refractivity contribution in [3.8, 4) is 0 Å². The Labute approximate surface area is 116 Å². The first kappa shape index (κ1) is 14.0. The number of carbonyl (C=O) groups excluding carboxylic acids is 1. The molecule has 1 aromatic rings. The molecule has 0 bridgehead atoms. The first-order chi connectivity index (χ1) is 8.90. The van der Waals surface area contributed by atoms with E-state index < -0.39 is 11.5 Å². The smallest absolute Gasteiger partial charge is 0.306 e. The summed E-state index contributed by atoms with van der Waals surface area (Å²) in [6.07, 6.45) is 3.39. The van der Waals surface area contributed by atoms with Gasteiger partial charge in [0.1, 0.15) is 5.01 Å². The van der Waals surface area contributed by atoms with Crippen LogP contribution in [0.25, 0.3) is 0 Å². The second kappa shape index (κ2) is 5.28. The third-order valence-corrected chi connectivity index (χ3v) is 4.65. The van der Waals surface area contributed by atoms with E-state index in [4.69, 9.17) is 5.11 Å². The van der Waals surface area contributed by atoms with Gasteiger partial charge in [0.2, 0.25) is 5.91 Å². The van der Waals surface area contributed by atoms with Crippen LogP contribution in [-0.4, -0.2) is 22.0 Å². The normalized spacial score (nSPS) is 23.3. The van der Waals surface area contributed by atoms with Crippen molar-refractivity contribution in [1.29, 1.82) is 0 Å². The molecule has 104 valence electrons. The largest absolute Gasteiger partial charge is 0.481 e. The summed E-state index contributed by atoms with van der Waals surface area (Å²) < 4.78 is 0. The fraction of sp³-hybridized carbons (Fsp3) is 0.615. The molecule has 1 amide bonds. The minimum atomic E-state index is -0.797. The first-order valence-corrected chi connectivity index (χ1v) is 7.23. The van der Waals surface area contributed by atoms with Crippen molar-refractivity contribution < 1.29 is 14.7 Å². The number of hydrogen-bond donors (Lipinski definition) is 2. The van der Waals surface area contributed by atoms with Gasteiger partial charge >= 0.3 is 5.97 Å². The van der Waals surface area contributed by atoms with E-state index in [0.717, 1.165) is 5.01 Å². The van der Waals surface area contributed by atoms with E-state index >= 15 is 0 Å². The molecule has 1 saturated carbocycles. The van der Waals surface area contributed by atoms with Crippen molar-refractivity contribution in [3.63, 3.8) is 0 Å². The highest BCUT2D eigenvalue weighted by molar-refractivity contribution is 7.09. The fourth-order valence-electron chi connectivity index (χ4n) is 2.44. The Kier molecular flexibility index (Phi) is 3.89. The van der Waals surface area contributed by atoms with Crippen LogP contribution in [0.2, 0.25) is 0 Å². The molecule has 2 atom stereocenters. The molecule has 0 aromatic carbocycles. The van der Waals surface area contributed by atoms with Crippen LogP contribution in [0.15, 0.2) is 11.6 Å². The van der Waals surface area contributed by atoms with Gasteiger partial charge in [-0.25, -0.2) is 4.98 Å². The van der Waals surface area contributed by atoms with E-state index in [-0.39, 0.29) is 17.7 Å². The zero-order valence-corrected chi connectivity index (χ0v) is 11.9. The standard InChI is InChI=1S/C13H18N2O3S/c1-13(2,12-14-5-6-19-12)15-10(16)8-3-4-9(7-8)11(17)18/h5-6,8-9H,3-4,7H2,1-2H3,(H,15,16)(H,17,18). The molecule has 1 aliphatic carbocycles. The maximum Gasteiger partial charge on any atom is 0.306 e. The Morgan fingerprint density at radius 1 is 1.42 bits per heavy atom. The van der Waals surface area contributed by atoms with Gasteiger partial charge < -0.3 is 10.4 Å². The quantitative estimate of drug-likeness (QED) is 0.885. The number of hydrogen-bond acceptors (Lipinski definition) is 4. The van der Waals surface area contributed by atoms with Crippen molar-refractivity contribution in [2.75, 3.05) is 0 Å². The van der Waals surface area contributed by atoms with Crippen LogP contribution in [0.3, 0.4) is 0 Å². The fourth-order valence-corrected chi connectivity index (χ4v) is 3.16. The van der Waals surface area contributed by atoms with E-state index in [1.807, 2.05) is 19.2 Å². The molecule has 2 rings (SSSR count). The molecule has 0 spiro atoms. The van der Waals surface area contributed by atoms with Crippen LogP contribution >= 0.6 is 11.3 Å². The SMILES string of the molecule is CC(C)(NC(=O)C1CCC(C(=O)O)C1)c1nccs1. The van der Waals surface area contributed by atoms with Gasteiger partial charge in [0, 0.05) is 17.5 Å². The minimum absolute atomic E-state index is 0.0658. The second-order valence-corrected chi connectivity index (χ2v) is 6.39. The van der Waals surface area contributed by atoms with Crippen LogP contribution in [-0.2, 0) is 15.1 Å². The summed E-state index contributed by atoms with van der Waals surface area (Å²) in [4.78, 5) is 27.3. The average molecular weight is 282 g/mol. The Hall–Kier alpha value is -1.43. The maximum absolute atomic E-state index is 12.2. The summed E-state index contributed by atoms with van der Waals surface area (Å²) >= 11 is 1.50. The lowest BCUT2D eigenvalue weighted by Gasteiger charge is -2.25. The van der Waals surface area contributed by atoms with E-state index in [0.29, 0.717) is 19.3 Å². The minimum Gasteiger partial charge on any atom is -0.481 e. The molecule has 1 aromatic heterocycles. The molecule has 0 saturated heterocycles. The summed E-state index contributed by atoms with van der Waals surface area (Å²) in [5.41, 5.74) is -0.507. The van der Waals surface area contributed by atoms with Crippen LogP contribution in [0.4, 0.5) is 0 Å². The molecule has 5 nitrogen and oxygen atoms in total. The Morgan fingerprint density at radius 2 is 2.11 bits per heavy atom. The van der Waals surface area contributed by atoms with Gasteiger partial charge in [-0.1, -0.05) is 0 Å². The molecule has 1 fully saturated rings. The number of nitrogens with one attached hydrogen (secondary N) is 1. The van der Waals surface area contributed by atoms with Crippen molar-refractivity contribution in [2.24, 2.45) is 11.8 Å². The molecule has 0 aliphatic heterocycles. The predicted octanol–water partition coefficient (Wildman–Crippen LogP) is 2.00. The number of rotatable bonds is 4. The van der Waals surface area contributed by atoms with Crippen molar-refractivity contribution in [2.45, 2.75) is 38.6 Å². The van der Waals surface area contributed by atoms with Crippen LogP contribution in [0.5, 0.6) is 0 Å². The number of carbonyl (C=O) groups is 2. The molecule has 1 heterocycles. The van der Waals surface area contributed by atoms with Gasteiger partial charge in [0.05, 0.1) is 11.5 Å². The molecular formula is C13H18N2O3S. The van der Waals surface area contributed by atoms with Crippen molar-refractivity contribution in [3.05, 3.63) is 16.6 Å². The maximum atomic E-state index is 12.2. The van der Waals surface area contributed by atoms with Crippen LogP contribution in [0.1, 0.15) is 38.1 Å². The van der Waals surface area contributed by atoms with Gasteiger partial charge in [-0.15, -0.1) is 11.3 Å². The zero-order valence-electron chi connectivity index (χ0n) is 11.0. The number of carboxylic acids is 1. The van der Waals surface area contributed by atoms with Crippen LogP contribution < -0.4 is 5.32 Å². The Bertz CT molecular complexity index is 470. The third-order valence-electron chi connectivity index (χ3n) is 3.56. The average Bonchev–Trinajstić information content (AvgIpc) is 3.00. The van der Waals surface area contributed by atoms with Crippen LogP contribution in [0, 0.1) is 11.8 Å². The van der Waals surface area contributed by atoms with Crippen molar-refractivity contribution >= 4 is 23.2 Å². The lowest BCUT2D eigenvalue weighted by Crippen LogP contribution is -2.43. The highest BCUT2D eigenvalue weighted by atomic mass is 32.1. The lowest BCUT2D eigenvalue weighted by atomic mass is 10.0. The highest BCUT2D eigenvalue weighted by Crippen LogP contribution is 2.32. The lowest BCUT2D eigenvalue weighted by molar-refractivity contribution is -0.141. The van der Waals surface area contributed by atoms with Gasteiger partial charge in [-0.2, -0.15) is 0 Å². The van der Waals surface area contributed by atoms with Gasteiger partial charge in [-0.05, 0) is 33.1 Å². The Balaban J connectivity index is 1.97.